The summed E-state index contributed by atoms with van der Waals surface area (Å²) in [6, 6.07) is 18.3. The number of hydrogen-bond donors (Lipinski definition) is 2. The van der Waals surface area contributed by atoms with Gasteiger partial charge in [-0.15, -0.1) is 0 Å². The molecule has 28 heavy (non-hydrogen) atoms. The maximum atomic E-state index is 12.5. The largest absolute Gasteiger partial charge is 0.321 e. The molecule has 0 bridgehead atoms. The predicted molar refractivity (Wildman–Crippen MR) is 107 cm³/mol. The Balaban J connectivity index is 1.77. The highest BCUT2D eigenvalue weighted by Gasteiger charge is 2.14. The number of nitrogens with zero attached hydrogens (tertiary/aromatic N) is 2. The number of nitrogens with one attached hydrogen (secondary N) is 2. The number of carbonyl (C=O) groups is 2. The Bertz CT molecular complexity index is 1110. The van der Waals surface area contributed by atoms with Gasteiger partial charge in [-0.1, -0.05) is 29.8 Å². The second-order valence-corrected chi connectivity index (χ2v) is 6.40. The van der Waals surface area contributed by atoms with Crippen LogP contribution in [0, 0.1) is 18.3 Å². The number of carbonyl (C=O) groups excluding carboxylic acids is 2. The molecule has 0 atom stereocenters. The van der Waals surface area contributed by atoms with E-state index in [4.69, 9.17) is 16.9 Å². The highest BCUT2D eigenvalue weighted by Crippen LogP contribution is 2.20. The molecule has 0 radical (unpaired) electrons. The summed E-state index contributed by atoms with van der Waals surface area (Å²) < 4.78 is 0. The van der Waals surface area contributed by atoms with Crippen LogP contribution in [0.2, 0.25) is 5.02 Å². The summed E-state index contributed by atoms with van der Waals surface area (Å²) in [7, 11) is 0. The minimum absolute atomic E-state index is 0.0813. The van der Waals surface area contributed by atoms with Gasteiger partial charge >= 0.3 is 0 Å². The number of pyridine rings is 1. The SMILES string of the molecule is Cc1ccc(Cl)cc1NC(=O)c1cccc(C(=O)Nc2cccc(C#N)c2)n1. The third-order valence-electron chi connectivity index (χ3n) is 3.91. The normalized spacial score (nSPS) is 10.0. The Kier molecular flexibility index (Phi) is 5.68. The summed E-state index contributed by atoms with van der Waals surface area (Å²) in [5.74, 6) is -0.935. The van der Waals surface area contributed by atoms with Crippen LogP contribution in [0.25, 0.3) is 0 Å². The van der Waals surface area contributed by atoms with E-state index in [1.54, 1.807) is 48.5 Å². The molecule has 7 heteroatoms. The molecule has 3 rings (SSSR count). The maximum absolute atomic E-state index is 12.5. The molecular weight excluding hydrogens is 376 g/mol. The zero-order valence-electron chi connectivity index (χ0n) is 14.9. The van der Waals surface area contributed by atoms with E-state index in [0.29, 0.717) is 22.0 Å². The smallest absolute Gasteiger partial charge is 0.274 e. The van der Waals surface area contributed by atoms with Crippen molar-refractivity contribution in [1.29, 1.82) is 5.26 Å². The molecule has 0 fully saturated rings. The van der Waals surface area contributed by atoms with Gasteiger partial charge < -0.3 is 10.6 Å². The zero-order valence-corrected chi connectivity index (χ0v) is 15.6. The third kappa shape index (κ3) is 4.53. The van der Waals surface area contributed by atoms with Crippen molar-refractivity contribution in [2.75, 3.05) is 10.6 Å². The monoisotopic (exact) mass is 390 g/mol. The predicted octanol–water partition coefficient (Wildman–Crippen LogP) is 4.42. The number of anilines is 2. The van der Waals surface area contributed by atoms with Crippen LogP contribution in [0.1, 0.15) is 32.1 Å². The van der Waals surface area contributed by atoms with Crippen molar-refractivity contribution in [3.05, 3.63) is 88.2 Å². The minimum Gasteiger partial charge on any atom is -0.321 e. The molecule has 3 aromatic rings. The van der Waals surface area contributed by atoms with Gasteiger partial charge in [-0.2, -0.15) is 5.26 Å². The van der Waals surface area contributed by atoms with Crippen molar-refractivity contribution in [3.8, 4) is 6.07 Å². The Morgan fingerprint density at radius 1 is 0.964 bits per heavy atom. The van der Waals surface area contributed by atoms with Gasteiger partial charge in [0.05, 0.1) is 11.6 Å². The number of aromatic nitrogens is 1. The molecule has 1 aromatic heterocycles. The lowest BCUT2D eigenvalue weighted by Crippen LogP contribution is -2.18. The first-order chi connectivity index (χ1) is 13.5. The van der Waals surface area contributed by atoms with Gasteiger partial charge in [0.25, 0.3) is 11.8 Å². The quantitative estimate of drug-likeness (QED) is 0.689. The van der Waals surface area contributed by atoms with Crippen LogP contribution in [0.3, 0.4) is 0 Å². The van der Waals surface area contributed by atoms with E-state index in [0.717, 1.165) is 5.56 Å². The van der Waals surface area contributed by atoms with Gasteiger partial charge in [0.2, 0.25) is 0 Å². The Morgan fingerprint density at radius 2 is 1.64 bits per heavy atom. The molecule has 6 nitrogen and oxygen atoms in total. The van der Waals surface area contributed by atoms with Crippen molar-refractivity contribution >= 4 is 34.8 Å². The summed E-state index contributed by atoms with van der Waals surface area (Å²) in [5.41, 5.74) is 2.49. The van der Waals surface area contributed by atoms with Crippen molar-refractivity contribution in [2.24, 2.45) is 0 Å². The number of hydrogen-bond acceptors (Lipinski definition) is 4. The third-order valence-corrected chi connectivity index (χ3v) is 4.15. The molecule has 2 aromatic carbocycles. The second-order valence-electron chi connectivity index (χ2n) is 5.97. The van der Waals surface area contributed by atoms with Crippen LogP contribution < -0.4 is 10.6 Å². The van der Waals surface area contributed by atoms with E-state index in [2.05, 4.69) is 15.6 Å². The van der Waals surface area contributed by atoms with Crippen LogP contribution >= 0.6 is 11.6 Å². The molecule has 138 valence electrons. The highest BCUT2D eigenvalue weighted by atomic mass is 35.5. The molecule has 0 aliphatic carbocycles. The van der Waals surface area contributed by atoms with Gasteiger partial charge in [0, 0.05) is 16.4 Å². The molecule has 0 aliphatic rings. The molecule has 0 saturated heterocycles. The summed E-state index contributed by atoms with van der Waals surface area (Å²) in [6.45, 7) is 1.85. The Hall–Kier alpha value is -3.69. The van der Waals surface area contributed by atoms with Crippen molar-refractivity contribution < 1.29 is 9.59 Å². The highest BCUT2D eigenvalue weighted by molar-refractivity contribution is 6.31. The first-order valence-electron chi connectivity index (χ1n) is 8.32. The fraction of sp³-hybridized carbons (Fsp3) is 0.0476. The maximum Gasteiger partial charge on any atom is 0.274 e. The van der Waals surface area contributed by atoms with Gasteiger partial charge in [0.15, 0.2) is 0 Å². The fourth-order valence-electron chi connectivity index (χ4n) is 2.46. The molecule has 2 N–H and O–H groups in total. The number of amides is 2. The van der Waals surface area contributed by atoms with Crippen molar-refractivity contribution in [3.63, 3.8) is 0 Å². The molecule has 0 saturated carbocycles. The zero-order chi connectivity index (χ0) is 20.1. The lowest BCUT2D eigenvalue weighted by atomic mass is 10.2. The van der Waals surface area contributed by atoms with Crippen molar-refractivity contribution in [1.82, 2.24) is 4.98 Å². The van der Waals surface area contributed by atoms with Crippen molar-refractivity contribution in [2.45, 2.75) is 6.92 Å². The number of nitriles is 1. The molecule has 0 unspecified atom stereocenters. The van der Waals surface area contributed by atoms with Crippen LogP contribution in [0.5, 0.6) is 0 Å². The van der Waals surface area contributed by atoms with Gasteiger partial charge in [-0.05, 0) is 55.0 Å². The Labute approximate surface area is 166 Å². The van der Waals surface area contributed by atoms with Gasteiger partial charge in [0.1, 0.15) is 11.4 Å². The van der Waals surface area contributed by atoms with Crippen LogP contribution in [-0.4, -0.2) is 16.8 Å². The molecule has 2 amide bonds. The minimum atomic E-state index is -0.483. The number of halogens is 1. The van der Waals surface area contributed by atoms with E-state index in [9.17, 15) is 9.59 Å². The number of benzene rings is 2. The van der Waals surface area contributed by atoms with Crippen LogP contribution in [0.15, 0.2) is 60.7 Å². The average molecular weight is 391 g/mol. The van der Waals surface area contributed by atoms with Gasteiger partial charge in [-0.25, -0.2) is 4.98 Å². The van der Waals surface area contributed by atoms with Crippen LogP contribution in [-0.2, 0) is 0 Å². The molecular formula is C21H15ClN4O2. The first kappa shape index (κ1) is 19.1. The van der Waals surface area contributed by atoms with E-state index in [1.807, 2.05) is 13.0 Å². The first-order valence-corrected chi connectivity index (χ1v) is 8.70. The number of aryl methyl sites for hydroxylation is 1. The number of rotatable bonds is 4. The topological polar surface area (TPSA) is 94.9 Å². The lowest BCUT2D eigenvalue weighted by molar-refractivity contribution is 0.101. The molecule has 0 spiro atoms. The lowest BCUT2D eigenvalue weighted by Gasteiger charge is -2.09. The van der Waals surface area contributed by atoms with E-state index in [1.165, 1.54) is 12.1 Å². The van der Waals surface area contributed by atoms with E-state index >= 15 is 0 Å². The molecule has 1 heterocycles. The van der Waals surface area contributed by atoms with E-state index < -0.39 is 11.8 Å². The Morgan fingerprint density at radius 3 is 2.36 bits per heavy atom. The second kappa shape index (κ2) is 8.33. The summed E-state index contributed by atoms with van der Waals surface area (Å²) >= 11 is 5.97. The standard InChI is InChI=1S/C21H15ClN4O2/c1-13-8-9-15(22)11-19(13)26-21(28)18-7-3-6-17(25-18)20(27)24-16-5-2-4-14(10-16)12-23/h2-11H,1H3,(H,24,27)(H,26,28). The van der Waals surface area contributed by atoms with Crippen LogP contribution in [0.4, 0.5) is 11.4 Å². The summed E-state index contributed by atoms with van der Waals surface area (Å²) in [5, 5.41) is 14.9. The van der Waals surface area contributed by atoms with Gasteiger partial charge in [-0.3, -0.25) is 9.59 Å². The molecule has 0 aliphatic heterocycles. The van der Waals surface area contributed by atoms with E-state index in [-0.39, 0.29) is 11.4 Å². The fourth-order valence-corrected chi connectivity index (χ4v) is 2.64. The average Bonchev–Trinajstić information content (AvgIpc) is 2.71. The summed E-state index contributed by atoms with van der Waals surface area (Å²) in [6.07, 6.45) is 0. The summed E-state index contributed by atoms with van der Waals surface area (Å²) in [4.78, 5) is 29.1.